The molecule has 3 heterocycles. The van der Waals surface area contributed by atoms with Crippen LogP contribution in [0.4, 0.5) is 5.13 Å². The second kappa shape index (κ2) is 9.78. The lowest BCUT2D eigenvalue weighted by atomic mass is 9.94. The van der Waals surface area contributed by atoms with Gasteiger partial charge in [-0.3, -0.25) is 14.5 Å². The number of thiazole rings is 1. The van der Waals surface area contributed by atoms with Gasteiger partial charge in [-0.15, -0.1) is 11.3 Å². The number of fused-ring (bicyclic) bond motifs is 1. The molecule has 0 radical (unpaired) electrons. The van der Waals surface area contributed by atoms with Gasteiger partial charge in [0, 0.05) is 23.6 Å². The van der Waals surface area contributed by atoms with E-state index >= 15 is 0 Å². The van der Waals surface area contributed by atoms with E-state index < -0.39 is 17.7 Å². The summed E-state index contributed by atoms with van der Waals surface area (Å²) in [5.41, 5.74) is 2.11. The summed E-state index contributed by atoms with van der Waals surface area (Å²) in [5.74, 6) is 0.230. The lowest BCUT2D eigenvalue weighted by Crippen LogP contribution is -2.29. The number of hydrogen-bond donors (Lipinski definition) is 1. The van der Waals surface area contributed by atoms with Gasteiger partial charge in [0.15, 0.2) is 5.13 Å². The number of hydrogen-bond acceptors (Lipinski definition) is 7. The minimum Gasteiger partial charge on any atom is -0.507 e. The van der Waals surface area contributed by atoms with E-state index in [-0.39, 0.29) is 17.4 Å². The molecule has 3 aromatic rings. The number of aliphatic hydroxyl groups is 1. The van der Waals surface area contributed by atoms with Crippen LogP contribution in [-0.4, -0.2) is 34.5 Å². The quantitative estimate of drug-likeness (QED) is 0.259. The molecule has 0 bridgehead atoms. The van der Waals surface area contributed by atoms with Crippen LogP contribution >= 0.6 is 11.3 Å². The molecule has 36 heavy (non-hydrogen) atoms. The number of carbonyl (C=O) groups is 2. The lowest BCUT2D eigenvalue weighted by molar-refractivity contribution is -0.132. The normalized spacial score (nSPS) is 20.6. The van der Waals surface area contributed by atoms with E-state index in [1.165, 1.54) is 16.2 Å². The van der Waals surface area contributed by atoms with E-state index in [0.717, 1.165) is 17.7 Å². The average Bonchev–Trinajstić information content (AvgIpc) is 3.56. The Morgan fingerprint density at radius 1 is 1.25 bits per heavy atom. The van der Waals surface area contributed by atoms with Crippen molar-refractivity contribution in [3.05, 3.63) is 76.3 Å². The molecule has 0 aliphatic carbocycles. The highest BCUT2D eigenvalue weighted by molar-refractivity contribution is 7.14. The standard InChI is InChI=1S/C28H28N2O5S/c1-16(2)9-11-34-21-6-4-5-18(15-21)24-23(26(32)27(33)30(24)28-29-10-12-36-28)25(31)19-7-8-22-20(14-19)13-17(3)35-22/h4-8,10,12,14-17,24,31H,9,11,13H2,1-3H3/b25-23+. The summed E-state index contributed by atoms with van der Waals surface area (Å²) in [6.07, 6.45) is 3.25. The van der Waals surface area contributed by atoms with Crippen molar-refractivity contribution in [3.63, 3.8) is 0 Å². The molecule has 2 aromatic carbocycles. The molecule has 1 aromatic heterocycles. The van der Waals surface area contributed by atoms with Gasteiger partial charge in [0.1, 0.15) is 23.4 Å². The predicted octanol–water partition coefficient (Wildman–Crippen LogP) is 5.52. The second-order valence-electron chi connectivity index (χ2n) is 9.54. The van der Waals surface area contributed by atoms with Crippen LogP contribution in [0, 0.1) is 5.92 Å². The zero-order valence-corrected chi connectivity index (χ0v) is 21.2. The lowest BCUT2D eigenvalue weighted by Gasteiger charge is -2.23. The largest absolute Gasteiger partial charge is 0.507 e. The number of aromatic nitrogens is 1. The Kier molecular flexibility index (Phi) is 6.53. The number of Topliss-reactive ketones (excluding diaryl/α,β-unsaturated/α-hetero) is 1. The summed E-state index contributed by atoms with van der Waals surface area (Å²) in [6, 6.07) is 11.8. The van der Waals surface area contributed by atoms with Crippen LogP contribution < -0.4 is 14.4 Å². The van der Waals surface area contributed by atoms with E-state index in [0.29, 0.717) is 41.0 Å². The Hall–Kier alpha value is -3.65. The fraction of sp³-hybridized carbons (Fsp3) is 0.321. The number of carbonyl (C=O) groups excluding carboxylic acids is 2. The minimum atomic E-state index is -0.840. The van der Waals surface area contributed by atoms with Gasteiger partial charge in [-0.25, -0.2) is 4.98 Å². The number of nitrogens with zero attached hydrogens (tertiary/aromatic N) is 2. The van der Waals surface area contributed by atoms with E-state index in [2.05, 4.69) is 18.8 Å². The third kappa shape index (κ3) is 4.48. The van der Waals surface area contributed by atoms with Gasteiger partial charge in [-0.05, 0) is 60.7 Å². The Bertz CT molecular complexity index is 1330. The Morgan fingerprint density at radius 2 is 2.08 bits per heavy atom. The van der Waals surface area contributed by atoms with Crippen LogP contribution in [0.5, 0.6) is 11.5 Å². The fourth-order valence-corrected chi connectivity index (χ4v) is 5.26. The molecule has 1 saturated heterocycles. The molecule has 186 valence electrons. The highest BCUT2D eigenvalue weighted by atomic mass is 32.1. The van der Waals surface area contributed by atoms with Crippen molar-refractivity contribution in [3.8, 4) is 11.5 Å². The molecule has 1 amide bonds. The number of amides is 1. The van der Waals surface area contributed by atoms with Crippen LogP contribution in [0.25, 0.3) is 5.76 Å². The van der Waals surface area contributed by atoms with Crippen molar-refractivity contribution in [2.24, 2.45) is 5.92 Å². The molecule has 7 nitrogen and oxygen atoms in total. The van der Waals surface area contributed by atoms with Crippen molar-refractivity contribution in [2.45, 2.75) is 45.8 Å². The summed E-state index contributed by atoms with van der Waals surface area (Å²) in [5, 5.41) is 13.6. The first-order valence-electron chi connectivity index (χ1n) is 12.1. The van der Waals surface area contributed by atoms with Crippen molar-refractivity contribution >= 4 is 33.9 Å². The van der Waals surface area contributed by atoms with Crippen molar-refractivity contribution in [2.75, 3.05) is 11.5 Å². The molecule has 2 unspecified atom stereocenters. The maximum Gasteiger partial charge on any atom is 0.301 e. The smallest absolute Gasteiger partial charge is 0.301 e. The molecule has 2 atom stereocenters. The van der Waals surface area contributed by atoms with E-state index in [9.17, 15) is 14.7 Å². The molecular weight excluding hydrogens is 476 g/mol. The molecule has 2 aliphatic rings. The first kappa shape index (κ1) is 24.1. The summed E-state index contributed by atoms with van der Waals surface area (Å²) >= 11 is 1.26. The summed E-state index contributed by atoms with van der Waals surface area (Å²) < 4.78 is 11.7. The molecule has 8 heteroatoms. The molecule has 0 spiro atoms. The van der Waals surface area contributed by atoms with E-state index in [1.54, 1.807) is 23.7 Å². The number of anilines is 1. The second-order valence-corrected chi connectivity index (χ2v) is 10.4. The fourth-order valence-electron chi connectivity index (χ4n) is 4.59. The van der Waals surface area contributed by atoms with Gasteiger partial charge in [-0.2, -0.15) is 0 Å². The van der Waals surface area contributed by atoms with Gasteiger partial charge in [0.25, 0.3) is 5.78 Å². The van der Waals surface area contributed by atoms with Crippen molar-refractivity contribution in [1.29, 1.82) is 0 Å². The number of ether oxygens (including phenoxy) is 2. The van der Waals surface area contributed by atoms with Crippen LogP contribution in [0.1, 0.15) is 49.9 Å². The molecule has 0 saturated carbocycles. The number of benzene rings is 2. The highest BCUT2D eigenvalue weighted by Crippen LogP contribution is 2.44. The Morgan fingerprint density at radius 3 is 2.83 bits per heavy atom. The van der Waals surface area contributed by atoms with Gasteiger partial charge < -0.3 is 14.6 Å². The molecule has 1 fully saturated rings. The molecule has 2 aliphatic heterocycles. The van der Waals surface area contributed by atoms with E-state index in [1.807, 2.05) is 37.3 Å². The molecule has 1 N–H and O–H groups in total. The third-order valence-electron chi connectivity index (χ3n) is 6.38. The average molecular weight is 505 g/mol. The highest BCUT2D eigenvalue weighted by Gasteiger charge is 2.48. The number of aliphatic hydroxyl groups excluding tert-OH is 1. The van der Waals surface area contributed by atoms with Crippen LogP contribution in [0.3, 0.4) is 0 Å². The minimum absolute atomic E-state index is 0.0291. The number of rotatable bonds is 7. The summed E-state index contributed by atoms with van der Waals surface area (Å²) in [4.78, 5) is 32.2. The maximum atomic E-state index is 13.3. The van der Waals surface area contributed by atoms with Crippen molar-refractivity contribution < 1.29 is 24.2 Å². The van der Waals surface area contributed by atoms with Gasteiger partial charge in [-0.1, -0.05) is 26.0 Å². The Balaban J connectivity index is 1.59. The molecule has 5 rings (SSSR count). The van der Waals surface area contributed by atoms with Gasteiger partial charge >= 0.3 is 5.91 Å². The van der Waals surface area contributed by atoms with E-state index in [4.69, 9.17) is 9.47 Å². The van der Waals surface area contributed by atoms with Crippen LogP contribution in [-0.2, 0) is 16.0 Å². The topological polar surface area (TPSA) is 89.0 Å². The Labute approximate surface area is 214 Å². The van der Waals surface area contributed by atoms with Gasteiger partial charge in [0.05, 0.1) is 18.2 Å². The van der Waals surface area contributed by atoms with Gasteiger partial charge in [0.2, 0.25) is 0 Å². The SMILES string of the molecule is CC(C)CCOc1cccc(C2/C(=C(\O)c3ccc4c(c3)CC(C)O4)C(=O)C(=O)N2c2nccs2)c1. The van der Waals surface area contributed by atoms with Crippen LogP contribution in [0.2, 0.25) is 0 Å². The molecular formula is C28H28N2O5S. The third-order valence-corrected chi connectivity index (χ3v) is 7.15. The summed E-state index contributed by atoms with van der Waals surface area (Å²) in [6.45, 7) is 6.80. The first-order valence-corrected chi connectivity index (χ1v) is 12.9. The zero-order chi connectivity index (χ0) is 25.4. The zero-order valence-electron chi connectivity index (χ0n) is 20.4. The predicted molar refractivity (Wildman–Crippen MR) is 139 cm³/mol. The maximum absolute atomic E-state index is 13.3. The first-order chi connectivity index (χ1) is 17.3. The summed E-state index contributed by atoms with van der Waals surface area (Å²) in [7, 11) is 0. The van der Waals surface area contributed by atoms with Crippen molar-refractivity contribution in [1.82, 2.24) is 4.98 Å². The van der Waals surface area contributed by atoms with Crippen LogP contribution in [0.15, 0.2) is 59.6 Å². The number of ketones is 1. The monoisotopic (exact) mass is 504 g/mol.